The number of nitrogens with one attached hydrogen (secondary N) is 1. The van der Waals surface area contributed by atoms with E-state index in [0.717, 1.165) is 39.6 Å². The maximum Gasteiger partial charge on any atom is 0.331 e. The molecule has 0 unspecified atom stereocenters. The second-order valence-corrected chi connectivity index (χ2v) is 8.93. The summed E-state index contributed by atoms with van der Waals surface area (Å²) in [7, 11) is 3.26. The molecule has 180 valence electrons. The molecule has 0 saturated heterocycles. The smallest absolute Gasteiger partial charge is 0.331 e. The highest BCUT2D eigenvalue weighted by atomic mass is 16.5. The minimum Gasteiger partial charge on any atom is -0.494 e. The van der Waals surface area contributed by atoms with Crippen LogP contribution in [0.4, 0.5) is 5.69 Å². The van der Waals surface area contributed by atoms with Crippen LogP contribution in [0.3, 0.4) is 0 Å². The fraction of sp³-hybridized carbons (Fsp3) is 0.172. The summed E-state index contributed by atoms with van der Waals surface area (Å²) < 4.78 is 10.9. The first-order valence-electron chi connectivity index (χ1n) is 12.0. The third-order valence-corrected chi connectivity index (χ3v) is 6.90. The van der Waals surface area contributed by atoms with E-state index in [0.29, 0.717) is 17.5 Å². The molecule has 1 atom stereocenters. The summed E-state index contributed by atoms with van der Waals surface area (Å²) >= 11 is 0. The monoisotopic (exact) mass is 478 g/mol. The number of rotatable bonds is 4. The topological polar surface area (TPSA) is 70.2 Å². The summed E-state index contributed by atoms with van der Waals surface area (Å²) in [5, 5.41) is 4.19. The molecule has 3 heterocycles. The fourth-order valence-corrected chi connectivity index (χ4v) is 5.33. The Morgan fingerprint density at radius 3 is 2.33 bits per heavy atom. The summed E-state index contributed by atoms with van der Waals surface area (Å²) in [4.78, 5) is 26.9. The van der Waals surface area contributed by atoms with Gasteiger partial charge < -0.3 is 14.6 Å². The van der Waals surface area contributed by atoms with Crippen molar-refractivity contribution in [2.24, 2.45) is 14.1 Å². The summed E-state index contributed by atoms with van der Waals surface area (Å²) in [6, 6.07) is 25.5. The van der Waals surface area contributed by atoms with E-state index in [2.05, 4.69) is 9.88 Å². The Morgan fingerprint density at radius 1 is 0.861 bits per heavy atom. The van der Waals surface area contributed by atoms with Crippen molar-refractivity contribution >= 4 is 16.6 Å². The molecular formula is C29H26N4O3. The lowest BCUT2D eigenvalue weighted by molar-refractivity contribution is 0.335. The molecule has 0 spiro atoms. The number of hydrogen-bond donors (Lipinski definition) is 1. The van der Waals surface area contributed by atoms with Crippen LogP contribution in [0, 0.1) is 0 Å². The van der Waals surface area contributed by atoms with Gasteiger partial charge in [-0.1, -0.05) is 60.7 Å². The van der Waals surface area contributed by atoms with Crippen molar-refractivity contribution < 1.29 is 4.74 Å². The number of aryl methyl sites for hydroxylation is 1. The second kappa shape index (κ2) is 8.30. The highest BCUT2D eigenvalue weighted by molar-refractivity contribution is 5.99. The zero-order valence-corrected chi connectivity index (χ0v) is 20.4. The van der Waals surface area contributed by atoms with Crippen molar-refractivity contribution in [1.82, 2.24) is 13.7 Å². The average Bonchev–Trinajstić information content (AvgIpc) is 3.28. The molecular weight excluding hydrogens is 452 g/mol. The quantitative estimate of drug-likeness (QED) is 0.410. The average molecular weight is 479 g/mol. The third kappa shape index (κ3) is 3.05. The normalized spacial score (nSPS) is 14.2. The van der Waals surface area contributed by atoms with Gasteiger partial charge in [0.05, 0.1) is 46.3 Å². The maximum absolute atomic E-state index is 13.7. The summed E-state index contributed by atoms with van der Waals surface area (Å²) in [5.41, 5.74) is 5.21. The van der Waals surface area contributed by atoms with Crippen LogP contribution in [0.2, 0.25) is 0 Å². The van der Waals surface area contributed by atoms with Gasteiger partial charge in [0.1, 0.15) is 5.75 Å². The van der Waals surface area contributed by atoms with E-state index in [-0.39, 0.29) is 17.3 Å². The van der Waals surface area contributed by atoms with Crippen molar-refractivity contribution in [2.75, 3.05) is 11.9 Å². The molecule has 0 radical (unpaired) electrons. The first-order chi connectivity index (χ1) is 17.5. The lowest BCUT2D eigenvalue weighted by atomic mass is 9.98. The van der Waals surface area contributed by atoms with Gasteiger partial charge in [0.2, 0.25) is 0 Å². The highest BCUT2D eigenvalue weighted by Crippen LogP contribution is 2.46. The number of benzene rings is 3. The van der Waals surface area contributed by atoms with Gasteiger partial charge in [-0.3, -0.25) is 13.9 Å². The molecule has 7 nitrogen and oxygen atoms in total. The predicted octanol–water partition coefficient (Wildman–Crippen LogP) is 4.61. The molecule has 5 aromatic rings. The Labute approximate surface area is 207 Å². The van der Waals surface area contributed by atoms with Crippen LogP contribution in [-0.4, -0.2) is 20.3 Å². The number of fused-ring (bicyclic) bond motifs is 5. The Hall–Kier alpha value is -4.52. The van der Waals surface area contributed by atoms with E-state index in [1.54, 1.807) is 11.6 Å². The Balaban J connectivity index is 1.85. The van der Waals surface area contributed by atoms with Gasteiger partial charge in [-0.05, 0) is 30.7 Å². The van der Waals surface area contributed by atoms with Crippen molar-refractivity contribution in [1.29, 1.82) is 0 Å². The van der Waals surface area contributed by atoms with Gasteiger partial charge in [0.15, 0.2) is 0 Å². The number of hydrogen-bond acceptors (Lipinski definition) is 4. The largest absolute Gasteiger partial charge is 0.494 e. The van der Waals surface area contributed by atoms with Crippen LogP contribution < -0.4 is 21.3 Å². The van der Waals surface area contributed by atoms with E-state index >= 15 is 0 Å². The zero-order chi connectivity index (χ0) is 25.0. The SMILES string of the molecule is CCOc1ccccc1[C@H]1Nc2ccccc2-n2c(-c3ccccc3)c3c(=O)n(C)c(=O)n(C)c3c21. The van der Waals surface area contributed by atoms with E-state index in [1.807, 2.05) is 85.8 Å². The summed E-state index contributed by atoms with van der Waals surface area (Å²) in [5.74, 6) is 0.757. The number of aromatic nitrogens is 3. The molecule has 0 fully saturated rings. The van der Waals surface area contributed by atoms with E-state index in [4.69, 9.17) is 4.74 Å². The van der Waals surface area contributed by atoms with Crippen LogP contribution in [0.1, 0.15) is 24.2 Å². The molecule has 0 amide bonds. The summed E-state index contributed by atoms with van der Waals surface area (Å²) in [6.45, 7) is 2.48. The number of ether oxygens (including phenoxy) is 1. The van der Waals surface area contributed by atoms with Gasteiger partial charge in [-0.25, -0.2) is 4.79 Å². The molecule has 6 rings (SSSR count). The third-order valence-electron chi connectivity index (χ3n) is 6.90. The molecule has 1 N–H and O–H groups in total. The van der Waals surface area contributed by atoms with Gasteiger partial charge in [0, 0.05) is 19.7 Å². The maximum atomic E-state index is 13.7. The molecule has 7 heteroatoms. The lowest BCUT2D eigenvalue weighted by Crippen LogP contribution is -2.37. The minimum absolute atomic E-state index is 0.317. The second-order valence-electron chi connectivity index (χ2n) is 8.93. The van der Waals surface area contributed by atoms with Crippen LogP contribution in [0.15, 0.2) is 88.5 Å². The zero-order valence-electron chi connectivity index (χ0n) is 20.4. The van der Waals surface area contributed by atoms with Crippen LogP contribution in [-0.2, 0) is 14.1 Å². The number of para-hydroxylation sites is 3. The molecule has 0 saturated carbocycles. The summed E-state index contributed by atoms with van der Waals surface area (Å²) in [6.07, 6.45) is 0. The van der Waals surface area contributed by atoms with Gasteiger partial charge >= 0.3 is 5.69 Å². The number of anilines is 1. The van der Waals surface area contributed by atoms with Gasteiger partial charge in [-0.15, -0.1) is 0 Å². The Morgan fingerprint density at radius 2 is 1.56 bits per heavy atom. The molecule has 1 aliphatic heterocycles. The fourth-order valence-electron chi connectivity index (χ4n) is 5.33. The minimum atomic E-state index is -0.365. The molecule has 1 aliphatic rings. The highest BCUT2D eigenvalue weighted by Gasteiger charge is 2.35. The first kappa shape index (κ1) is 22.0. The molecule has 0 bridgehead atoms. The van der Waals surface area contributed by atoms with Crippen molar-refractivity contribution in [3.63, 3.8) is 0 Å². The Bertz CT molecular complexity index is 1740. The molecule has 2 aromatic heterocycles. The standard InChI is InChI=1S/C29H26N4O3/c1-4-36-22-17-11-8-14-19(22)24-27-26-23(28(34)32(3)29(35)31(26)2)25(18-12-6-5-7-13-18)33(27)21-16-10-9-15-20(21)30-24/h5-17,24,30H,4H2,1-3H3/t24-/m1/s1. The van der Waals surface area contributed by atoms with E-state index < -0.39 is 0 Å². The molecule has 3 aromatic carbocycles. The van der Waals surface area contributed by atoms with Crippen molar-refractivity contribution in [2.45, 2.75) is 13.0 Å². The van der Waals surface area contributed by atoms with Crippen molar-refractivity contribution in [3.8, 4) is 22.7 Å². The van der Waals surface area contributed by atoms with Gasteiger partial charge in [-0.2, -0.15) is 0 Å². The van der Waals surface area contributed by atoms with E-state index in [9.17, 15) is 9.59 Å². The lowest BCUT2D eigenvalue weighted by Gasteiger charge is -2.32. The van der Waals surface area contributed by atoms with E-state index in [1.165, 1.54) is 11.6 Å². The van der Waals surface area contributed by atoms with Crippen LogP contribution in [0.5, 0.6) is 5.75 Å². The predicted molar refractivity (Wildman–Crippen MR) is 142 cm³/mol. The van der Waals surface area contributed by atoms with Crippen LogP contribution >= 0.6 is 0 Å². The molecule has 0 aliphatic carbocycles. The van der Waals surface area contributed by atoms with Crippen LogP contribution in [0.25, 0.3) is 27.8 Å². The first-order valence-corrected chi connectivity index (χ1v) is 12.0. The Kier molecular flexibility index (Phi) is 5.07. The van der Waals surface area contributed by atoms with Crippen molar-refractivity contribution in [3.05, 3.63) is 111 Å². The molecule has 36 heavy (non-hydrogen) atoms. The van der Waals surface area contributed by atoms with Gasteiger partial charge in [0.25, 0.3) is 5.56 Å². The number of nitrogens with zero attached hydrogens (tertiary/aromatic N) is 3.